The summed E-state index contributed by atoms with van der Waals surface area (Å²) in [5, 5.41) is 22.8. The number of carbonyl (C=O) groups is 1. The molecule has 4 rings (SSSR count). The second kappa shape index (κ2) is 4.66. The van der Waals surface area contributed by atoms with Crippen LogP contribution in [0.1, 0.15) is 55.3 Å². The molecule has 7 nitrogen and oxygen atoms in total. The Morgan fingerprint density at radius 3 is 2.77 bits per heavy atom. The fourth-order valence-corrected chi connectivity index (χ4v) is 3.57. The van der Waals surface area contributed by atoms with Crippen LogP contribution in [0.5, 0.6) is 0 Å². The quantitative estimate of drug-likeness (QED) is 0.927. The zero-order valence-corrected chi connectivity index (χ0v) is 12.5. The molecule has 2 aromatic heterocycles. The van der Waals surface area contributed by atoms with Crippen molar-refractivity contribution < 1.29 is 9.90 Å². The standard InChI is InChI=1S/C15H19N5O2/c1-19-13(5-7-16-19)11-4-6-15(8-11,14(21)22)20-17-9-12(18-20)10-2-3-10/h5,7,9-11H,2-4,6,8H2,1H3,(H,21,22). The second-order valence-electron chi connectivity index (χ2n) is 6.49. The van der Waals surface area contributed by atoms with Crippen LogP contribution in [0.2, 0.25) is 0 Å². The number of hydrogen-bond donors (Lipinski definition) is 1. The van der Waals surface area contributed by atoms with Gasteiger partial charge in [-0.1, -0.05) is 0 Å². The number of nitrogens with zero attached hydrogens (tertiary/aromatic N) is 5. The maximum atomic E-state index is 12.0. The van der Waals surface area contributed by atoms with Gasteiger partial charge in [0.2, 0.25) is 0 Å². The van der Waals surface area contributed by atoms with Crippen LogP contribution in [0.15, 0.2) is 18.5 Å². The molecule has 0 spiro atoms. The van der Waals surface area contributed by atoms with Gasteiger partial charge in [-0.15, -0.1) is 0 Å². The maximum absolute atomic E-state index is 12.0. The minimum absolute atomic E-state index is 0.180. The van der Waals surface area contributed by atoms with E-state index in [1.54, 1.807) is 12.4 Å². The normalized spacial score (nSPS) is 28.1. The van der Waals surface area contributed by atoms with Gasteiger partial charge in [0.15, 0.2) is 5.54 Å². The van der Waals surface area contributed by atoms with E-state index in [1.165, 1.54) is 4.80 Å². The number of hydrogen-bond acceptors (Lipinski definition) is 4. The van der Waals surface area contributed by atoms with Gasteiger partial charge in [0, 0.05) is 30.8 Å². The van der Waals surface area contributed by atoms with E-state index in [0.717, 1.165) is 30.7 Å². The molecule has 2 atom stereocenters. The van der Waals surface area contributed by atoms with E-state index in [4.69, 9.17) is 0 Å². The Morgan fingerprint density at radius 2 is 2.14 bits per heavy atom. The highest BCUT2D eigenvalue weighted by Crippen LogP contribution is 2.45. The summed E-state index contributed by atoms with van der Waals surface area (Å²) in [6, 6.07) is 1.97. The molecular formula is C15H19N5O2. The molecule has 1 N–H and O–H groups in total. The highest BCUT2D eigenvalue weighted by molar-refractivity contribution is 5.77. The summed E-state index contributed by atoms with van der Waals surface area (Å²) in [5.74, 6) is -0.178. The summed E-state index contributed by atoms with van der Waals surface area (Å²) >= 11 is 0. The highest BCUT2D eigenvalue weighted by Gasteiger charge is 2.50. The summed E-state index contributed by atoms with van der Waals surface area (Å²) in [7, 11) is 1.90. The highest BCUT2D eigenvalue weighted by atomic mass is 16.4. The monoisotopic (exact) mass is 301 g/mol. The van der Waals surface area contributed by atoms with Gasteiger partial charge in [-0.25, -0.2) is 4.79 Å². The smallest absolute Gasteiger partial charge is 0.333 e. The van der Waals surface area contributed by atoms with Gasteiger partial charge in [-0.05, 0) is 38.2 Å². The van der Waals surface area contributed by atoms with E-state index in [-0.39, 0.29) is 5.92 Å². The van der Waals surface area contributed by atoms with Crippen LogP contribution in [0.25, 0.3) is 0 Å². The van der Waals surface area contributed by atoms with Crippen molar-refractivity contribution in [3.05, 3.63) is 29.8 Å². The van der Waals surface area contributed by atoms with Crippen molar-refractivity contribution in [3.63, 3.8) is 0 Å². The Hall–Kier alpha value is -2.18. The number of carboxylic acids is 1. The average Bonchev–Trinajstić information content (AvgIpc) is 2.93. The lowest BCUT2D eigenvalue weighted by Gasteiger charge is -2.23. The predicted molar refractivity (Wildman–Crippen MR) is 77.4 cm³/mol. The van der Waals surface area contributed by atoms with E-state index in [1.807, 2.05) is 17.8 Å². The molecule has 2 heterocycles. The molecular weight excluding hydrogens is 282 g/mol. The topological polar surface area (TPSA) is 85.8 Å². The Balaban J connectivity index is 1.66. The van der Waals surface area contributed by atoms with Crippen LogP contribution in [-0.2, 0) is 17.4 Å². The van der Waals surface area contributed by atoms with Crippen molar-refractivity contribution in [2.75, 3.05) is 0 Å². The van der Waals surface area contributed by atoms with Gasteiger partial charge in [-0.2, -0.15) is 20.1 Å². The third kappa shape index (κ3) is 1.95. The molecule has 116 valence electrons. The minimum Gasteiger partial charge on any atom is -0.479 e. The predicted octanol–water partition coefficient (Wildman–Crippen LogP) is 1.64. The van der Waals surface area contributed by atoms with E-state index < -0.39 is 11.5 Å². The fourth-order valence-electron chi connectivity index (χ4n) is 3.57. The molecule has 2 unspecified atom stereocenters. The summed E-state index contributed by atoms with van der Waals surface area (Å²) in [6.45, 7) is 0. The van der Waals surface area contributed by atoms with E-state index in [9.17, 15) is 9.90 Å². The first-order valence-electron chi connectivity index (χ1n) is 7.74. The van der Waals surface area contributed by atoms with Crippen molar-refractivity contribution >= 4 is 5.97 Å². The maximum Gasteiger partial charge on any atom is 0.333 e. The first-order valence-corrected chi connectivity index (χ1v) is 7.74. The van der Waals surface area contributed by atoms with Crippen molar-refractivity contribution in [2.45, 2.75) is 49.5 Å². The van der Waals surface area contributed by atoms with Gasteiger partial charge in [0.1, 0.15) is 0 Å². The Bertz CT molecular complexity index is 717. The summed E-state index contributed by atoms with van der Waals surface area (Å²) in [6.07, 6.45) is 7.64. The molecule has 2 saturated carbocycles. The lowest BCUT2D eigenvalue weighted by atomic mass is 9.95. The molecule has 2 aromatic rings. The Labute approximate surface area is 127 Å². The Kier molecular flexibility index (Phi) is 2.85. The van der Waals surface area contributed by atoms with Crippen molar-refractivity contribution in [1.29, 1.82) is 0 Å². The molecule has 2 aliphatic rings. The first-order chi connectivity index (χ1) is 10.6. The lowest BCUT2D eigenvalue weighted by molar-refractivity contribution is -0.148. The van der Waals surface area contributed by atoms with Crippen LogP contribution in [0, 0.1) is 0 Å². The third-order valence-corrected chi connectivity index (χ3v) is 5.05. The molecule has 2 fully saturated rings. The van der Waals surface area contributed by atoms with Gasteiger partial charge >= 0.3 is 5.97 Å². The average molecular weight is 301 g/mol. The zero-order valence-electron chi connectivity index (χ0n) is 12.5. The zero-order chi connectivity index (χ0) is 15.3. The summed E-state index contributed by atoms with van der Waals surface area (Å²) in [4.78, 5) is 13.5. The Morgan fingerprint density at radius 1 is 1.32 bits per heavy atom. The molecule has 7 heteroatoms. The van der Waals surface area contributed by atoms with Crippen LogP contribution in [-0.4, -0.2) is 35.9 Å². The molecule has 0 aliphatic heterocycles. The fraction of sp³-hybridized carbons (Fsp3) is 0.600. The number of aryl methyl sites for hydroxylation is 1. The largest absolute Gasteiger partial charge is 0.479 e. The third-order valence-electron chi connectivity index (χ3n) is 5.05. The number of aliphatic carboxylic acids is 1. The van der Waals surface area contributed by atoms with Crippen LogP contribution < -0.4 is 0 Å². The molecule has 0 radical (unpaired) electrons. The van der Waals surface area contributed by atoms with E-state index in [0.29, 0.717) is 18.8 Å². The van der Waals surface area contributed by atoms with Crippen molar-refractivity contribution in [2.24, 2.45) is 7.05 Å². The SMILES string of the molecule is Cn1nccc1C1CCC(C(=O)O)(n2ncc(C3CC3)n2)C1. The lowest BCUT2D eigenvalue weighted by Crippen LogP contribution is -2.41. The summed E-state index contributed by atoms with van der Waals surface area (Å²) in [5.41, 5.74) is 0.990. The molecule has 22 heavy (non-hydrogen) atoms. The van der Waals surface area contributed by atoms with E-state index in [2.05, 4.69) is 15.3 Å². The van der Waals surface area contributed by atoms with E-state index >= 15 is 0 Å². The number of rotatable bonds is 4. The number of aromatic nitrogens is 5. The van der Waals surface area contributed by atoms with Gasteiger partial charge in [0.25, 0.3) is 0 Å². The second-order valence-corrected chi connectivity index (χ2v) is 6.49. The molecule has 0 saturated heterocycles. The van der Waals surface area contributed by atoms with Crippen molar-refractivity contribution in [3.8, 4) is 0 Å². The van der Waals surface area contributed by atoms with Crippen LogP contribution >= 0.6 is 0 Å². The van der Waals surface area contributed by atoms with Crippen molar-refractivity contribution in [1.82, 2.24) is 24.8 Å². The molecule has 0 bridgehead atoms. The van der Waals surface area contributed by atoms with Crippen LogP contribution in [0.3, 0.4) is 0 Å². The van der Waals surface area contributed by atoms with Gasteiger partial charge in [0.05, 0.1) is 11.9 Å². The molecule has 0 aromatic carbocycles. The van der Waals surface area contributed by atoms with Gasteiger partial charge < -0.3 is 5.11 Å². The minimum atomic E-state index is -1.03. The summed E-state index contributed by atoms with van der Waals surface area (Å²) < 4.78 is 1.83. The first kappa shape index (κ1) is 13.5. The molecule has 0 amide bonds. The van der Waals surface area contributed by atoms with Crippen LogP contribution in [0.4, 0.5) is 0 Å². The molecule has 2 aliphatic carbocycles. The van der Waals surface area contributed by atoms with Gasteiger partial charge in [-0.3, -0.25) is 4.68 Å². The number of carboxylic acid groups (broad SMARTS) is 1.